The van der Waals surface area contributed by atoms with E-state index in [1.807, 2.05) is 0 Å². The second kappa shape index (κ2) is 6.71. The van der Waals surface area contributed by atoms with Crippen LogP contribution in [0, 0.1) is 10.4 Å². The van der Waals surface area contributed by atoms with E-state index in [0.29, 0.717) is 0 Å². The van der Waals surface area contributed by atoms with Gasteiger partial charge in [-0.25, -0.2) is 0 Å². The number of fused-ring (bicyclic) bond motifs is 4. The average Bonchev–Trinajstić information content (AvgIpc) is 2.89. The Morgan fingerprint density at radius 1 is 0.343 bits per heavy atom. The lowest BCUT2D eigenvalue weighted by Crippen LogP contribution is -1.94. The SMILES string of the molecule is Nc1cc2ccc1c1c3ccc4ccccc4c3c=1c1ccc(cc1)c1ccc3ccccc3c21. The van der Waals surface area contributed by atoms with E-state index in [-0.39, 0.29) is 0 Å². The Morgan fingerprint density at radius 3 is 1.54 bits per heavy atom. The Labute approximate surface area is 201 Å². The molecule has 5 aliphatic rings. The summed E-state index contributed by atoms with van der Waals surface area (Å²) in [6, 6.07) is 42.0. The van der Waals surface area contributed by atoms with Gasteiger partial charge in [0.1, 0.15) is 0 Å². The fourth-order valence-electron chi connectivity index (χ4n) is 6.10. The molecule has 6 aromatic carbocycles. The molecule has 0 spiro atoms. The molecule has 0 aliphatic heterocycles. The number of anilines is 1. The number of hydrogen-bond acceptors (Lipinski definition) is 1. The highest BCUT2D eigenvalue weighted by atomic mass is 14.5. The fraction of sp³-hybridized carbons (Fsp3) is 0. The quantitative estimate of drug-likeness (QED) is 0.233. The minimum absolute atomic E-state index is 0.822. The van der Waals surface area contributed by atoms with Crippen molar-refractivity contribution in [1.29, 1.82) is 0 Å². The first-order valence-corrected chi connectivity index (χ1v) is 12.1. The standard InChI is InChI=1S/C34H21N/c35-30-19-24-15-17-28(30)34-29-18-14-21-6-2-4-8-26(21)33(29)32(34)23-11-9-22(10-12-23)27-16-13-20-5-1-3-7-25(20)31(24)27/h1-19H,35H2. The molecule has 11 rings (SSSR count). The van der Waals surface area contributed by atoms with Crippen molar-refractivity contribution in [2.75, 3.05) is 5.73 Å². The number of nitrogen functional groups attached to an aromatic ring is 1. The third kappa shape index (κ3) is 2.47. The largest absolute Gasteiger partial charge is 0.398 e. The molecule has 0 unspecified atom stereocenters. The summed E-state index contributed by atoms with van der Waals surface area (Å²) in [5.41, 5.74) is 7.64. The molecule has 0 saturated carbocycles. The molecule has 0 saturated heterocycles. The molecule has 0 radical (unpaired) electrons. The highest BCUT2D eigenvalue weighted by Gasteiger charge is 2.14. The van der Waals surface area contributed by atoms with E-state index >= 15 is 0 Å². The zero-order chi connectivity index (χ0) is 23.1. The molecule has 0 fully saturated rings. The zero-order valence-electron chi connectivity index (χ0n) is 19.0. The Morgan fingerprint density at radius 2 is 0.829 bits per heavy atom. The van der Waals surface area contributed by atoms with Gasteiger partial charge in [-0.2, -0.15) is 0 Å². The van der Waals surface area contributed by atoms with Gasteiger partial charge in [0.15, 0.2) is 0 Å². The maximum Gasteiger partial charge on any atom is 0.0400 e. The molecule has 162 valence electrons. The molecule has 6 aromatic rings. The molecule has 2 N–H and O–H groups in total. The summed E-state index contributed by atoms with van der Waals surface area (Å²) in [5.74, 6) is 0. The van der Waals surface area contributed by atoms with Crippen LogP contribution < -0.4 is 5.73 Å². The first kappa shape index (κ1) is 18.8. The maximum atomic E-state index is 6.82. The Kier molecular flexibility index (Phi) is 3.60. The normalized spacial score (nSPS) is 12.1. The van der Waals surface area contributed by atoms with Crippen molar-refractivity contribution < 1.29 is 0 Å². The van der Waals surface area contributed by atoms with Gasteiger partial charge in [-0.1, -0.05) is 109 Å². The van der Waals surface area contributed by atoms with Crippen molar-refractivity contribution in [3.8, 4) is 0 Å². The topological polar surface area (TPSA) is 26.0 Å². The van der Waals surface area contributed by atoms with Gasteiger partial charge in [-0.15, -0.1) is 0 Å². The third-order valence-electron chi connectivity index (χ3n) is 7.72. The first-order valence-electron chi connectivity index (χ1n) is 12.1. The third-order valence-corrected chi connectivity index (χ3v) is 7.72. The molecule has 1 nitrogen and oxygen atoms in total. The van der Waals surface area contributed by atoms with Gasteiger partial charge >= 0.3 is 0 Å². The van der Waals surface area contributed by atoms with Crippen LogP contribution in [-0.2, 0) is 0 Å². The molecule has 1 heteroatoms. The molecule has 5 aliphatic carbocycles. The summed E-state index contributed by atoms with van der Waals surface area (Å²) in [4.78, 5) is 0. The van der Waals surface area contributed by atoms with Crippen molar-refractivity contribution in [3.05, 3.63) is 126 Å². The average molecular weight is 444 g/mol. The van der Waals surface area contributed by atoms with E-state index < -0.39 is 0 Å². The Hall–Kier alpha value is -4.62. The van der Waals surface area contributed by atoms with Crippen LogP contribution in [0.1, 0.15) is 0 Å². The van der Waals surface area contributed by atoms with Gasteiger partial charge in [0.25, 0.3) is 0 Å². The van der Waals surface area contributed by atoms with Crippen molar-refractivity contribution in [3.63, 3.8) is 0 Å². The highest BCUT2D eigenvalue weighted by Crippen LogP contribution is 2.38. The minimum atomic E-state index is 0.822. The van der Waals surface area contributed by atoms with Gasteiger partial charge < -0.3 is 5.73 Å². The lowest BCUT2D eigenvalue weighted by molar-refractivity contribution is 1.62. The molecule has 4 bridgehead atoms. The maximum absolute atomic E-state index is 6.82. The molecule has 0 amide bonds. The monoisotopic (exact) mass is 443 g/mol. The molecule has 35 heavy (non-hydrogen) atoms. The number of benzene rings is 6. The van der Waals surface area contributed by atoms with Crippen LogP contribution in [0.5, 0.6) is 0 Å². The van der Waals surface area contributed by atoms with Gasteiger partial charge in [0.05, 0.1) is 0 Å². The fourth-order valence-corrected chi connectivity index (χ4v) is 6.10. The predicted molar refractivity (Wildman–Crippen MR) is 151 cm³/mol. The minimum Gasteiger partial charge on any atom is -0.398 e. The molecular weight excluding hydrogens is 422 g/mol. The van der Waals surface area contributed by atoms with Crippen molar-refractivity contribution in [1.82, 2.24) is 0 Å². The smallest absolute Gasteiger partial charge is 0.0400 e. The number of rotatable bonds is 0. The van der Waals surface area contributed by atoms with Crippen LogP contribution in [0.3, 0.4) is 0 Å². The highest BCUT2D eigenvalue weighted by molar-refractivity contribution is 6.20. The van der Waals surface area contributed by atoms with E-state index in [4.69, 9.17) is 5.73 Å². The molecule has 0 heterocycles. The lowest BCUT2D eigenvalue weighted by Gasteiger charge is -2.15. The molecule has 0 aromatic heterocycles. The van der Waals surface area contributed by atoms with Crippen LogP contribution in [-0.4, -0.2) is 0 Å². The van der Waals surface area contributed by atoms with Crippen molar-refractivity contribution in [2.45, 2.75) is 0 Å². The van der Waals surface area contributed by atoms with Crippen LogP contribution in [0.2, 0.25) is 0 Å². The van der Waals surface area contributed by atoms with Gasteiger partial charge in [0, 0.05) is 16.3 Å². The molecular formula is C34H21N. The summed E-state index contributed by atoms with van der Waals surface area (Å²) in [5, 5.41) is 17.4. The van der Waals surface area contributed by atoms with E-state index in [2.05, 4.69) is 115 Å². The first-order chi connectivity index (χ1) is 17.3. The van der Waals surface area contributed by atoms with Crippen LogP contribution in [0.25, 0.3) is 64.6 Å². The van der Waals surface area contributed by atoms with Crippen LogP contribution in [0.15, 0.2) is 115 Å². The van der Waals surface area contributed by atoms with Crippen LogP contribution in [0.4, 0.5) is 5.69 Å². The van der Waals surface area contributed by atoms with Gasteiger partial charge in [-0.3, -0.25) is 0 Å². The second-order valence-electron chi connectivity index (χ2n) is 9.55. The van der Waals surface area contributed by atoms with E-state index in [9.17, 15) is 0 Å². The van der Waals surface area contributed by atoms with Gasteiger partial charge in [-0.05, 0) is 70.5 Å². The van der Waals surface area contributed by atoms with E-state index in [0.717, 1.165) is 16.5 Å². The summed E-state index contributed by atoms with van der Waals surface area (Å²) in [7, 11) is 0. The zero-order valence-corrected chi connectivity index (χ0v) is 19.0. The van der Waals surface area contributed by atoms with E-state index in [1.54, 1.807) is 0 Å². The summed E-state index contributed by atoms with van der Waals surface area (Å²) in [6.45, 7) is 0. The van der Waals surface area contributed by atoms with Crippen LogP contribution >= 0.6 is 0 Å². The summed E-state index contributed by atoms with van der Waals surface area (Å²) in [6.07, 6.45) is 0. The summed E-state index contributed by atoms with van der Waals surface area (Å²) >= 11 is 0. The molecule has 0 atom stereocenters. The van der Waals surface area contributed by atoms with E-state index in [1.165, 1.54) is 64.3 Å². The van der Waals surface area contributed by atoms with Gasteiger partial charge in [0.2, 0.25) is 0 Å². The lowest BCUT2D eigenvalue weighted by atomic mass is 9.89. The number of nitrogens with two attached hydrogens (primary N) is 1. The Bertz CT molecular complexity index is 2200. The second-order valence-corrected chi connectivity index (χ2v) is 9.55. The van der Waals surface area contributed by atoms with Crippen molar-refractivity contribution >= 4 is 70.3 Å². The summed E-state index contributed by atoms with van der Waals surface area (Å²) < 4.78 is 0. The number of hydrogen-bond donors (Lipinski definition) is 1. The van der Waals surface area contributed by atoms with Crippen molar-refractivity contribution in [2.24, 2.45) is 0 Å². The Balaban J connectivity index is 1.70. The predicted octanol–water partition coefficient (Wildman–Crippen LogP) is 8.91.